The lowest BCUT2D eigenvalue weighted by Crippen LogP contribution is -2.46. The van der Waals surface area contributed by atoms with Gasteiger partial charge in [-0.1, -0.05) is 6.92 Å². The zero-order valence-electron chi connectivity index (χ0n) is 18.0. The third kappa shape index (κ3) is 3.32. The molecule has 1 fully saturated rings. The molecule has 0 bridgehead atoms. The number of nitrogens with zero attached hydrogens (tertiary/aromatic N) is 7. The van der Waals surface area contributed by atoms with Crippen molar-refractivity contribution in [1.82, 2.24) is 29.7 Å². The molecule has 0 aromatic carbocycles. The molecule has 5 rings (SSSR count). The number of aryl methyl sites for hydroxylation is 1. The molecule has 2 aliphatic rings. The van der Waals surface area contributed by atoms with Gasteiger partial charge in [0, 0.05) is 37.0 Å². The maximum atomic E-state index is 8.59. The Labute approximate surface area is 189 Å². The highest BCUT2D eigenvalue weighted by Crippen LogP contribution is 2.42. The summed E-state index contributed by atoms with van der Waals surface area (Å²) in [4.78, 5) is 16.1. The van der Waals surface area contributed by atoms with Crippen LogP contribution in [-0.2, 0) is 4.74 Å². The van der Waals surface area contributed by atoms with E-state index in [1.807, 2.05) is 16.9 Å². The lowest BCUT2D eigenvalue weighted by molar-refractivity contribution is 0.0817. The van der Waals surface area contributed by atoms with Crippen LogP contribution in [0.3, 0.4) is 0 Å². The minimum Gasteiger partial charge on any atom is -0.381 e. The minimum atomic E-state index is -0.661. The Kier molecular flexibility index (Phi) is 5.51. The third-order valence-electron chi connectivity index (χ3n) is 6.13. The lowest BCUT2D eigenvalue weighted by Gasteiger charge is -2.43. The number of hydrogen-bond donors (Lipinski definition) is 2. The largest absolute Gasteiger partial charge is 0.381 e. The zero-order valence-corrected chi connectivity index (χ0v) is 18.8. The maximum Gasteiger partial charge on any atom is 0.160 e. The van der Waals surface area contributed by atoms with Crippen LogP contribution in [0, 0.1) is 17.7 Å². The van der Waals surface area contributed by atoms with Gasteiger partial charge in [0.2, 0.25) is 0 Å². The van der Waals surface area contributed by atoms with E-state index in [4.69, 9.17) is 20.5 Å². The molecular weight excluding hydrogens is 426 g/mol. The summed E-state index contributed by atoms with van der Waals surface area (Å²) in [6.45, 7) is 5.52. The summed E-state index contributed by atoms with van der Waals surface area (Å²) in [7, 11) is 0. The molecule has 10 nitrogen and oxygen atoms in total. The predicted octanol–water partition coefficient (Wildman–Crippen LogP) is 3.07. The number of anilines is 1. The maximum absolute atomic E-state index is 8.59. The lowest BCUT2D eigenvalue weighted by atomic mass is 10.00. The second-order valence-corrected chi connectivity index (χ2v) is 8.84. The number of aromatic nitrogens is 6. The first-order valence-corrected chi connectivity index (χ1v) is 11.7. The fraction of sp³-hybridized carbons (Fsp3) is 0.476. The fourth-order valence-corrected chi connectivity index (χ4v) is 5.21. The molecule has 2 atom stereocenters. The van der Waals surface area contributed by atoms with Crippen LogP contribution in [0.25, 0.3) is 5.69 Å². The normalized spacial score (nSPS) is 19.3. The number of nitrogens with one attached hydrogen (secondary N) is 2. The van der Waals surface area contributed by atoms with E-state index in [1.165, 1.54) is 17.6 Å². The van der Waals surface area contributed by atoms with E-state index in [9.17, 15) is 0 Å². The van der Waals surface area contributed by atoms with Crippen molar-refractivity contribution in [1.29, 1.82) is 10.8 Å². The van der Waals surface area contributed by atoms with Crippen LogP contribution in [0.4, 0.5) is 5.82 Å². The smallest absolute Gasteiger partial charge is 0.160 e. The molecule has 1 saturated heterocycles. The number of fused-ring (bicyclic) bond motifs is 3. The first kappa shape index (κ1) is 20.8. The summed E-state index contributed by atoms with van der Waals surface area (Å²) in [6.07, 6.45) is 7.34. The highest BCUT2D eigenvalue weighted by molar-refractivity contribution is 7.11. The van der Waals surface area contributed by atoms with Crippen LogP contribution in [0.2, 0.25) is 0 Å². The van der Waals surface area contributed by atoms with Crippen molar-refractivity contribution in [3.05, 3.63) is 40.3 Å². The van der Waals surface area contributed by atoms with E-state index < -0.39 is 5.92 Å². The summed E-state index contributed by atoms with van der Waals surface area (Å²) >= 11 is 1.38. The minimum absolute atomic E-state index is 0.0337. The first-order valence-electron chi connectivity index (χ1n) is 10.8. The van der Waals surface area contributed by atoms with Gasteiger partial charge in [0.25, 0.3) is 0 Å². The number of hydrogen-bond acceptors (Lipinski definition) is 10. The molecule has 0 amide bonds. The van der Waals surface area contributed by atoms with Crippen LogP contribution in [0.1, 0.15) is 60.6 Å². The average molecular weight is 452 g/mol. The quantitative estimate of drug-likeness (QED) is 0.551. The zero-order chi connectivity index (χ0) is 22.2. The molecule has 166 valence electrons. The third-order valence-corrected chi connectivity index (χ3v) is 6.93. The molecule has 0 saturated carbocycles. The Morgan fingerprint density at radius 1 is 1.31 bits per heavy atom. The second-order valence-electron chi connectivity index (χ2n) is 7.95. The van der Waals surface area contributed by atoms with Crippen LogP contribution >= 0.6 is 11.3 Å². The molecule has 2 aliphatic heterocycles. The van der Waals surface area contributed by atoms with Gasteiger partial charge in [-0.25, -0.2) is 15.0 Å². The van der Waals surface area contributed by atoms with E-state index in [1.54, 1.807) is 12.4 Å². The summed E-state index contributed by atoms with van der Waals surface area (Å²) in [5.74, 6) is 2.27. The fourth-order valence-electron chi connectivity index (χ4n) is 4.59. The Morgan fingerprint density at radius 2 is 2.12 bits per heavy atom. The van der Waals surface area contributed by atoms with Crippen LogP contribution < -0.4 is 4.90 Å². The monoisotopic (exact) mass is 451 g/mol. The van der Waals surface area contributed by atoms with Gasteiger partial charge in [0.1, 0.15) is 22.3 Å². The molecule has 2 unspecified atom stereocenters. The Balaban J connectivity index is 1.64. The standard InChI is InChI=1S/C21H25N9OS/c1-3-15-20-28-27-12(2)29(20)16-11-25-18(14(10-22)17(23)21-24-6-9-32-21)26-19(16)30(15)13-4-7-31-8-5-13/h6,9-11,13-15,22-23H,3-5,7-8H2,1-2H3. The molecule has 0 spiro atoms. The molecule has 0 radical (unpaired) electrons. The van der Waals surface area contributed by atoms with Crippen molar-refractivity contribution in [2.45, 2.75) is 51.1 Å². The second kappa shape index (κ2) is 8.47. The van der Waals surface area contributed by atoms with E-state index in [0.29, 0.717) is 24.0 Å². The van der Waals surface area contributed by atoms with Gasteiger partial charge >= 0.3 is 0 Å². The Morgan fingerprint density at radius 3 is 2.81 bits per heavy atom. The number of ether oxygens (including phenoxy) is 1. The van der Waals surface area contributed by atoms with Crippen LogP contribution in [0.5, 0.6) is 0 Å². The van der Waals surface area contributed by atoms with Gasteiger partial charge in [-0.3, -0.25) is 4.57 Å². The topological polar surface area (TPSA) is 130 Å². The van der Waals surface area contributed by atoms with Crippen molar-refractivity contribution in [2.24, 2.45) is 0 Å². The highest BCUT2D eigenvalue weighted by Gasteiger charge is 2.39. The van der Waals surface area contributed by atoms with Crippen LogP contribution in [-0.4, -0.2) is 60.9 Å². The van der Waals surface area contributed by atoms with Crippen LogP contribution in [0.15, 0.2) is 17.8 Å². The van der Waals surface area contributed by atoms with Gasteiger partial charge < -0.3 is 20.5 Å². The average Bonchev–Trinajstić information content (AvgIpc) is 3.49. The Bertz CT molecular complexity index is 1140. The van der Waals surface area contributed by atoms with Gasteiger partial charge in [-0.05, 0) is 26.2 Å². The first-order chi connectivity index (χ1) is 15.6. The van der Waals surface area contributed by atoms with Crippen molar-refractivity contribution >= 4 is 29.1 Å². The van der Waals surface area contributed by atoms with E-state index in [-0.39, 0.29) is 17.8 Å². The van der Waals surface area contributed by atoms with Crippen molar-refractivity contribution in [3.63, 3.8) is 0 Å². The molecule has 5 heterocycles. The molecule has 3 aromatic heterocycles. The summed E-state index contributed by atoms with van der Waals surface area (Å²) < 4.78 is 7.65. The van der Waals surface area contributed by atoms with Gasteiger partial charge in [0.05, 0.1) is 23.9 Å². The molecule has 3 aromatic rings. The van der Waals surface area contributed by atoms with E-state index in [2.05, 4.69) is 32.0 Å². The number of rotatable bonds is 6. The summed E-state index contributed by atoms with van der Waals surface area (Å²) in [6, 6.07) is 0.296. The van der Waals surface area contributed by atoms with Gasteiger partial charge in [-0.15, -0.1) is 21.5 Å². The molecular formula is C21H25N9OS. The van der Waals surface area contributed by atoms with E-state index >= 15 is 0 Å². The van der Waals surface area contributed by atoms with Gasteiger partial charge in [0.15, 0.2) is 11.6 Å². The number of thiazole rings is 1. The van der Waals surface area contributed by atoms with E-state index in [0.717, 1.165) is 42.4 Å². The highest BCUT2D eigenvalue weighted by atomic mass is 32.1. The van der Waals surface area contributed by atoms with Crippen molar-refractivity contribution < 1.29 is 4.74 Å². The van der Waals surface area contributed by atoms with Crippen molar-refractivity contribution in [3.8, 4) is 5.69 Å². The molecule has 0 aliphatic carbocycles. The molecule has 2 N–H and O–H groups in total. The van der Waals surface area contributed by atoms with Gasteiger partial charge in [-0.2, -0.15) is 0 Å². The summed E-state index contributed by atoms with van der Waals surface area (Å²) in [5.41, 5.74) is 1.07. The molecule has 32 heavy (non-hydrogen) atoms. The van der Waals surface area contributed by atoms with Crippen molar-refractivity contribution in [2.75, 3.05) is 18.1 Å². The summed E-state index contributed by atoms with van der Waals surface area (Å²) in [5, 5.41) is 27.8. The SMILES string of the molecule is CCC1c2nnc(C)n2-c2cnc(C(C=N)C(=N)c3nccs3)nc2N1C1CCOCC1. The predicted molar refractivity (Wildman–Crippen MR) is 122 cm³/mol. The molecule has 11 heteroatoms. The Hall–Kier alpha value is -3.05.